The highest BCUT2D eigenvalue weighted by atomic mass is 16.6. The molecule has 0 aromatic heterocycles. The molecule has 0 N–H and O–H groups in total. The highest BCUT2D eigenvalue weighted by molar-refractivity contribution is 6.25. The topological polar surface area (TPSA) is 95.7 Å². The number of ether oxygens (including phenoxy) is 2. The van der Waals surface area contributed by atoms with Gasteiger partial charge in [-0.15, -0.1) is 0 Å². The third-order valence-electron chi connectivity index (χ3n) is 4.35. The van der Waals surface area contributed by atoms with E-state index in [2.05, 4.69) is 0 Å². The van der Waals surface area contributed by atoms with Crippen molar-refractivity contribution in [3.63, 3.8) is 0 Å². The van der Waals surface area contributed by atoms with Crippen molar-refractivity contribution in [3.8, 4) is 0 Å². The first-order valence-electron chi connectivity index (χ1n) is 9.25. The summed E-state index contributed by atoms with van der Waals surface area (Å²) in [6.45, 7) is 7.62. The van der Waals surface area contributed by atoms with Gasteiger partial charge < -0.3 is 9.47 Å². The molecule has 7 nitrogen and oxygen atoms in total. The second kappa shape index (κ2) is 8.79. The van der Waals surface area contributed by atoms with Gasteiger partial charge in [0.1, 0.15) is 0 Å². The minimum Gasteiger partial charge on any atom is -0.483 e. The van der Waals surface area contributed by atoms with Gasteiger partial charge in [0.05, 0.1) is 17.1 Å². The lowest BCUT2D eigenvalue weighted by atomic mass is 9.91. The Morgan fingerprint density at radius 3 is 1.85 bits per heavy atom. The van der Waals surface area contributed by atoms with Crippen LogP contribution in [0.4, 0.5) is 5.69 Å². The van der Waals surface area contributed by atoms with Gasteiger partial charge in [-0.25, -0.2) is 0 Å². The molecule has 27 heavy (non-hydrogen) atoms. The van der Waals surface area contributed by atoms with Crippen molar-refractivity contribution in [3.05, 3.63) is 51.0 Å². The van der Waals surface area contributed by atoms with Crippen LogP contribution in [0.2, 0.25) is 0 Å². The van der Waals surface area contributed by atoms with Crippen LogP contribution in [0.3, 0.4) is 0 Å². The number of carbonyl (C=O) groups excluding carboxylic acids is 2. The van der Waals surface area contributed by atoms with E-state index in [1.54, 1.807) is 0 Å². The Balaban J connectivity index is 2.51. The van der Waals surface area contributed by atoms with E-state index in [1.165, 1.54) is 12.1 Å². The van der Waals surface area contributed by atoms with Gasteiger partial charge in [0.2, 0.25) is 23.1 Å². The van der Waals surface area contributed by atoms with E-state index in [9.17, 15) is 19.7 Å². The Morgan fingerprint density at radius 1 is 0.926 bits per heavy atom. The van der Waals surface area contributed by atoms with Crippen molar-refractivity contribution < 1.29 is 24.0 Å². The maximum atomic E-state index is 13.0. The van der Waals surface area contributed by atoms with Crippen LogP contribution in [0.25, 0.3) is 0 Å². The number of Topliss-reactive ketones (excluding diaryl/α,β-unsaturated/α-hetero) is 2. The standard InChI is InChI=1S/C20H25NO6/c1-5-7-12(3)26-19-17(22)15-10-9-14(21(24)25)11-16(15)18(23)20(19)27-13(4)8-6-2/h9-13H,5-8H2,1-4H3. The molecule has 0 aliphatic heterocycles. The van der Waals surface area contributed by atoms with Crippen molar-refractivity contribution in [2.75, 3.05) is 0 Å². The summed E-state index contributed by atoms with van der Waals surface area (Å²) in [6, 6.07) is 3.63. The molecule has 1 aromatic rings. The van der Waals surface area contributed by atoms with Gasteiger partial charge in [-0.05, 0) is 32.8 Å². The molecule has 0 fully saturated rings. The highest BCUT2D eigenvalue weighted by Gasteiger charge is 2.37. The first-order chi connectivity index (χ1) is 12.8. The largest absolute Gasteiger partial charge is 0.483 e. The van der Waals surface area contributed by atoms with Crippen molar-refractivity contribution in [1.82, 2.24) is 0 Å². The Labute approximate surface area is 158 Å². The molecule has 0 radical (unpaired) electrons. The zero-order valence-corrected chi connectivity index (χ0v) is 16.1. The van der Waals surface area contributed by atoms with Crippen LogP contribution in [0.5, 0.6) is 0 Å². The van der Waals surface area contributed by atoms with Crippen LogP contribution in [0.15, 0.2) is 29.7 Å². The number of carbonyl (C=O) groups is 2. The van der Waals surface area contributed by atoms with Crippen molar-refractivity contribution in [2.24, 2.45) is 0 Å². The molecular formula is C20H25NO6. The summed E-state index contributed by atoms with van der Waals surface area (Å²) in [4.78, 5) is 36.4. The number of hydrogen-bond acceptors (Lipinski definition) is 6. The van der Waals surface area contributed by atoms with Crippen LogP contribution in [-0.2, 0) is 9.47 Å². The number of allylic oxidation sites excluding steroid dienone is 2. The molecule has 2 atom stereocenters. The number of nitro benzene ring substituents is 1. The van der Waals surface area contributed by atoms with Crippen molar-refractivity contribution in [1.29, 1.82) is 0 Å². The molecule has 146 valence electrons. The second-order valence-corrected chi connectivity index (χ2v) is 6.74. The number of nitro groups is 1. The van der Waals surface area contributed by atoms with E-state index < -0.39 is 16.5 Å². The monoisotopic (exact) mass is 375 g/mol. The summed E-state index contributed by atoms with van der Waals surface area (Å²) in [7, 11) is 0. The number of rotatable bonds is 9. The molecular weight excluding hydrogens is 350 g/mol. The van der Waals surface area contributed by atoms with E-state index in [-0.39, 0.29) is 40.5 Å². The second-order valence-electron chi connectivity index (χ2n) is 6.74. The zero-order valence-electron chi connectivity index (χ0n) is 16.1. The molecule has 1 aromatic carbocycles. The lowest BCUT2D eigenvalue weighted by Gasteiger charge is -2.25. The van der Waals surface area contributed by atoms with Crippen LogP contribution in [0.1, 0.15) is 74.1 Å². The lowest BCUT2D eigenvalue weighted by Crippen LogP contribution is -2.28. The van der Waals surface area contributed by atoms with Crippen LogP contribution in [-0.4, -0.2) is 28.7 Å². The van der Waals surface area contributed by atoms with Gasteiger partial charge in [-0.1, -0.05) is 26.7 Å². The maximum Gasteiger partial charge on any atom is 0.270 e. The number of hydrogen-bond donors (Lipinski definition) is 0. The van der Waals surface area contributed by atoms with E-state index >= 15 is 0 Å². The predicted molar refractivity (Wildman–Crippen MR) is 99.7 cm³/mol. The van der Waals surface area contributed by atoms with Gasteiger partial charge in [0, 0.05) is 23.3 Å². The van der Waals surface area contributed by atoms with Crippen LogP contribution in [0, 0.1) is 10.1 Å². The quantitative estimate of drug-likeness (QED) is 0.462. The van der Waals surface area contributed by atoms with E-state index in [4.69, 9.17) is 9.47 Å². The third-order valence-corrected chi connectivity index (χ3v) is 4.35. The van der Waals surface area contributed by atoms with Crippen LogP contribution >= 0.6 is 0 Å². The average molecular weight is 375 g/mol. The zero-order chi connectivity index (χ0) is 20.1. The van der Waals surface area contributed by atoms with Gasteiger partial charge in [-0.2, -0.15) is 0 Å². The van der Waals surface area contributed by atoms with E-state index in [0.717, 1.165) is 25.3 Å². The maximum absolute atomic E-state index is 13.0. The molecule has 0 spiro atoms. The molecule has 0 saturated carbocycles. The average Bonchev–Trinajstić information content (AvgIpc) is 2.62. The van der Waals surface area contributed by atoms with Crippen LogP contribution < -0.4 is 0 Å². The van der Waals surface area contributed by atoms with E-state index in [0.29, 0.717) is 6.42 Å². The van der Waals surface area contributed by atoms with Crippen molar-refractivity contribution in [2.45, 2.75) is 65.6 Å². The molecule has 0 saturated heterocycles. The normalized spacial score (nSPS) is 16.0. The molecule has 0 bridgehead atoms. The fourth-order valence-electron chi connectivity index (χ4n) is 3.03. The third kappa shape index (κ3) is 4.53. The molecule has 7 heteroatoms. The number of nitrogens with zero attached hydrogens (tertiary/aromatic N) is 1. The summed E-state index contributed by atoms with van der Waals surface area (Å²) < 4.78 is 11.6. The fourth-order valence-corrected chi connectivity index (χ4v) is 3.03. The molecule has 1 aliphatic carbocycles. The summed E-state index contributed by atoms with van der Waals surface area (Å²) in [5.41, 5.74) is -0.178. The number of non-ortho nitro benzene ring substituents is 1. The summed E-state index contributed by atoms with van der Waals surface area (Å²) in [5, 5.41) is 11.0. The molecule has 0 amide bonds. The first-order valence-corrected chi connectivity index (χ1v) is 9.25. The molecule has 1 aliphatic rings. The molecule has 2 rings (SSSR count). The Kier molecular flexibility index (Phi) is 6.71. The number of benzene rings is 1. The van der Waals surface area contributed by atoms with Gasteiger partial charge in [-0.3, -0.25) is 19.7 Å². The smallest absolute Gasteiger partial charge is 0.270 e. The summed E-state index contributed by atoms with van der Waals surface area (Å²) in [5.74, 6) is -1.31. The Morgan fingerprint density at radius 2 is 1.41 bits per heavy atom. The highest BCUT2D eigenvalue weighted by Crippen LogP contribution is 2.32. The number of fused-ring (bicyclic) bond motifs is 1. The minimum atomic E-state index is -0.600. The minimum absolute atomic E-state index is 0.0246. The first kappa shape index (κ1) is 20.6. The molecule has 2 unspecified atom stereocenters. The van der Waals surface area contributed by atoms with Gasteiger partial charge in [0.25, 0.3) is 5.69 Å². The fraction of sp³-hybridized carbons (Fsp3) is 0.500. The predicted octanol–water partition coefficient (Wildman–Crippen LogP) is 4.60. The van der Waals surface area contributed by atoms with Crippen molar-refractivity contribution >= 4 is 17.3 Å². The summed E-state index contributed by atoms with van der Waals surface area (Å²) >= 11 is 0. The molecule has 0 heterocycles. The van der Waals surface area contributed by atoms with Gasteiger partial charge in [0.15, 0.2) is 0 Å². The number of ketones is 2. The van der Waals surface area contributed by atoms with E-state index in [1.807, 2.05) is 27.7 Å². The Hall–Kier alpha value is -2.70. The SMILES string of the molecule is CCCC(C)OC1=C(OC(C)CCC)C(=O)c2cc([N+](=O)[O-])ccc2C1=O. The lowest BCUT2D eigenvalue weighted by molar-refractivity contribution is -0.384. The summed E-state index contributed by atoms with van der Waals surface area (Å²) in [6.07, 6.45) is 2.58. The Bertz CT molecular complexity index is 783. The van der Waals surface area contributed by atoms with Gasteiger partial charge >= 0.3 is 0 Å².